The van der Waals surface area contributed by atoms with Crippen molar-refractivity contribution in [2.45, 2.75) is 116 Å². The van der Waals surface area contributed by atoms with Crippen LogP contribution in [0.15, 0.2) is 0 Å². The van der Waals surface area contributed by atoms with E-state index in [0.717, 1.165) is 12.8 Å². The highest BCUT2D eigenvalue weighted by molar-refractivity contribution is 9.09. The van der Waals surface area contributed by atoms with E-state index in [1.807, 2.05) is 0 Å². The van der Waals surface area contributed by atoms with E-state index >= 15 is 0 Å². The molecular formula is C25H51BrNO7P. The predicted molar refractivity (Wildman–Crippen MR) is 145 cm³/mol. The molecule has 0 aliphatic heterocycles. The van der Waals surface area contributed by atoms with Crippen LogP contribution in [0.3, 0.4) is 0 Å². The number of methoxy groups -OCH3 is 1. The van der Waals surface area contributed by atoms with Gasteiger partial charge in [0.25, 0.3) is 0 Å². The summed E-state index contributed by atoms with van der Waals surface area (Å²) in [5, 5.41) is 3.13. The average molecular weight is 589 g/mol. The minimum absolute atomic E-state index is 0.0453. The molecule has 2 N–H and O–H groups in total. The maximum atomic E-state index is 11.8. The highest BCUT2D eigenvalue weighted by Crippen LogP contribution is 2.43. The number of alkyl halides is 1. The number of carbonyl (C=O) groups excluding carboxylic acids is 1. The fourth-order valence-electron chi connectivity index (χ4n) is 3.63. The van der Waals surface area contributed by atoms with Gasteiger partial charge in [0.2, 0.25) is 0 Å². The second-order valence-electron chi connectivity index (χ2n) is 8.97. The van der Waals surface area contributed by atoms with Gasteiger partial charge < -0.3 is 19.7 Å². The normalized spacial score (nSPS) is 13.9. The van der Waals surface area contributed by atoms with E-state index in [1.54, 1.807) is 0 Å². The van der Waals surface area contributed by atoms with Crippen LogP contribution in [-0.2, 0) is 23.1 Å². The second-order valence-corrected chi connectivity index (χ2v) is 11.2. The van der Waals surface area contributed by atoms with Crippen LogP contribution in [-0.4, -0.2) is 55.9 Å². The first-order chi connectivity index (χ1) is 16.9. The van der Waals surface area contributed by atoms with Crippen LogP contribution >= 0.6 is 23.8 Å². The Kier molecular flexibility index (Phi) is 25.3. The molecule has 0 heterocycles. The standard InChI is InChI=1S/C25H51BrNO7P/c1-3-4-5-6-7-8-9-10-11-12-13-14-15-16-17-18-20-27-25(28)32-22-24(31-2)23-34-35(29,30)33-21-19-26/h24H,3-23H2,1-2H3,(H,27,28)(H,29,30). The van der Waals surface area contributed by atoms with Crippen molar-refractivity contribution < 1.29 is 32.8 Å². The van der Waals surface area contributed by atoms with Crippen molar-refractivity contribution >= 4 is 29.8 Å². The molecule has 0 radical (unpaired) electrons. The number of halogens is 1. The summed E-state index contributed by atoms with van der Waals surface area (Å²) in [4.78, 5) is 21.3. The topological polar surface area (TPSA) is 103 Å². The van der Waals surface area contributed by atoms with Crippen LogP contribution in [0, 0.1) is 0 Å². The van der Waals surface area contributed by atoms with Gasteiger partial charge >= 0.3 is 13.9 Å². The molecule has 8 nitrogen and oxygen atoms in total. The summed E-state index contributed by atoms with van der Waals surface area (Å²) in [7, 11) is -2.73. The molecule has 0 aromatic heterocycles. The van der Waals surface area contributed by atoms with Gasteiger partial charge in [0.1, 0.15) is 12.7 Å². The Morgan fingerprint density at radius 2 is 1.31 bits per heavy atom. The zero-order valence-corrected chi connectivity index (χ0v) is 24.6. The van der Waals surface area contributed by atoms with E-state index in [9.17, 15) is 14.3 Å². The molecule has 0 aliphatic carbocycles. The Labute approximate surface area is 222 Å². The molecule has 2 unspecified atom stereocenters. The van der Waals surface area contributed by atoms with Crippen molar-refractivity contribution in [2.24, 2.45) is 0 Å². The fourth-order valence-corrected chi connectivity index (χ4v) is 4.80. The molecule has 0 saturated carbocycles. The lowest BCUT2D eigenvalue weighted by atomic mass is 10.0. The number of carbonyl (C=O) groups is 1. The lowest BCUT2D eigenvalue weighted by molar-refractivity contribution is -0.000856. The highest BCUT2D eigenvalue weighted by Gasteiger charge is 2.23. The lowest BCUT2D eigenvalue weighted by Crippen LogP contribution is -2.31. The molecule has 0 saturated heterocycles. The zero-order chi connectivity index (χ0) is 26.0. The second kappa shape index (κ2) is 25.5. The third-order valence-electron chi connectivity index (χ3n) is 5.79. The van der Waals surface area contributed by atoms with Crippen LogP contribution in [0.2, 0.25) is 0 Å². The van der Waals surface area contributed by atoms with E-state index in [-0.39, 0.29) is 19.8 Å². The maximum Gasteiger partial charge on any atom is 0.472 e. The number of hydrogen-bond acceptors (Lipinski definition) is 6. The van der Waals surface area contributed by atoms with Crippen molar-refractivity contribution in [3.8, 4) is 0 Å². The zero-order valence-electron chi connectivity index (χ0n) is 22.1. The third-order valence-corrected chi connectivity index (χ3v) is 7.10. The van der Waals surface area contributed by atoms with Gasteiger partial charge in [0.15, 0.2) is 0 Å². The molecule has 0 fully saturated rings. The molecule has 0 aromatic carbocycles. The van der Waals surface area contributed by atoms with Crippen LogP contribution < -0.4 is 5.32 Å². The van der Waals surface area contributed by atoms with Crippen molar-refractivity contribution in [1.29, 1.82) is 0 Å². The molecule has 1 amide bonds. The fraction of sp³-hybridized carbons (Fsp3) is 0.960. The summed E-state index contributed by atoms with van der Waals surface area (Å²) in [6, 6.07) is 0. The van der Waals surface area contributed by atoms with Crippen molar-refractivity contribution in [3.63, 3.8) is 0 Å². The van der Waals surface area contributed by atoms with E-state index < -0.39 is 20.0 Å². The van der Waals surface area contributed by atoms with E-state index in [1.165, 1.54) is 97.0 Å². The summed E-state index contributed by atoms with van der Waals surface area (Å²) in [6.07, 6.45) is 19.8. The van der Waals surface area contributed by atoms with Crippen LogP contribution in [0.1, 0.15) is 110 Å². The van der Waals surface area contributed by atoms with E-state index in [4.69, 9.17) is 18.5 Å². The molecule has 0 aromatic rings. The number of alkyl carbamates (subject to hydrolysis) is 1. The maximum absolute atomic E-state index is 11.8. The first-order valence-electron chi connectivity index (χ1n) is 13.6. The van der Waals surface area contributed by atoms with E-state index in [0.29, 0.717) is 11.9 Å². The lowest BCUT2D eigenvalue weighted by Gasteiger charge is -2.18. The number of rotatable bonds is 26. The smallest absolute Gasteiger partial charge is 0.447 e. The summed E-state index contributed by atoms with van der Waals surface area (Å²) >= 11 is 3.10. The first kappa shape index (κ1) is 34.8. The summed E-state index contributed by atoms with van der Waals surface area (Å²) < 4.78 is 31.4. The van der Waals surface area contributed by atoms with Gasteiger partial charge in [-0.1, -0.05) is 119 Å². The quantitative estimate of drug-likeness (QED) is 0.0612. The van der Waals surface area contributed by atoms with Gasteiger partial charge in [0.05, 0.1) is 13.2 Å². The molecule has 210 valence electrons. The third kappa shape index (κ3) is 25.3. The number of ether oxygens (including phenoxy) is 2. The number of phosphoric ester groups is 1. The Morgan fingerprint density at radius 1 is 0.829 bits per heavy atom. The number of amides is 1. The highest BCUT2D eigenvalue weighted by atomic mass is 79.9. The molecule has 10 heteroatoms. The summed E-state index contributed by atoms with van der Waals surface area (Å²) in [5.41, 5.74) is 0. The predicted octanol–water partition coefficient (Wildman–Crippen LogP) is 7.52. The Morgan fingerprint density at radius 3 is 1.77 bits per heavy atom. The summed E-state index contributed by atoms with van der Waals surface area (Å²) in [6.45, 7) is 2.57. The Hall–Kier alpha value is -0.180. The number of hydrogen-bond donors (Lipinski definition) is 2. The molecule has 0 rings (SSSR count). The number of unbranched alkanes of at least 4 members (excludes halogenated alkanes) is 15. The molecule has 2 atom stereocenters. The minimum Gasteiger partial charge on any atom is -0.447 e. The number of phosphoric acid groups is 1. The Bertz CT molecular complexity index is 528. The minimum atomic E-state index is -4.14. The van der Waals surface area contributed by atoms with Crippen LogP contribution in [0.5, 0.6) is 0 Å². The molecule has 0 aliphatic rings. The van der Waals surface area contributed by atoms with E-state index in [2.05, 4.69) is 28.2 Å². The van der Waals surface area contributed by atoms with Gasteiger partial charge in [0, 0.05) is 19.0 Å². The monoisotopic (exact) mass is 587 g/mol. The largest absolute Gasteiger partial charge is 0.472 e. The summed E-state index contributed by atoms with van der Waals surface area (Å²) in [5.74, 6) is 0. The van der Waals surface area contributed by atoms with Gasteiger partial charge in [-0.2, -0.15) is 0 Å². The first-order valence-corrected chi connectivity index (χ1v) is 16.2. The molecule has 0 spiro atoms. The average Bonchev–Trinajstić information content (AvgIpc) is 2.84. The molecule has 35 heavy (non-hydrogen) atoms. The Balaban J connectivity index is 3.48. The van der Waals surface area contributed by atoms with Crippen LogP contribution in [0.4, 0.5) is 4.79 Å². The SMILES string of the molecule is CCCCCCCCCCCCCCCCCCNC(=O)OCC(COP(=O)(O)OCCBr)OC. The van der Waals surface area contributed by atoms with Crippen molar-refractivity contribution in [2.75, 3.05) is 38.8 Å². The number of nitrogens with one attached hydrogen (secondary N) is 1. The van der Waals surface area contributed by atoms with Gasteiger partial charge in [-0.05, 0) is 6.42 Å². The van der Waals surface area contributed by atoms with Gasteiger partial charge in [-0.15, -0.1) is 0 Å². The van der Waals surface area contributed by atoms with Gasteiger partial charge in [-0.25, -0.2) is 9.36 Å². The van der Waals surface area contributed by atoms with Gasteiger partial charge in [-0.3, -0.25) is 9.05 Å². The molecular weight excluding hydrogens is 537 g/mol. The van der Waals surface area contributed by atoms with Crippen molar-refractivity contribution in [3.05, 3.63) is 0 Å². The molecule has 0 bridgehead atoms. The van der Waals surface area contributed by atoms with Crippen molar-refractivity contribution in [1.82, 2.24) is 5.32 Å². The van der Waals surface area contributed by atoms with Crippen LogP contribution in [0.25, 0.3) is 0 Å².